The minimum absolute atomic E-state index is 0.198. The van der Waals surface area contributed by atoms with Crippen molar-refractivity contribution in [2.45, 2.75) is 56.9 Å². The first-order valence-corrected chi connectivity index (χ1v) is 6.09. The Hall–Kier alpha value is -0.730. The minimum Gasteiger partial charge on any atom is -0.463 e. The number of carbonyl (C=O) groups is 1. The van der Waals surface area contributed by atoms with Gasteiger partial charge in [-0.05, 0) is 13.8 Å². The van der Waals surface area contributed by atoms with Gasteiger partial charge in [-0.2, -0.15) is 0 Å². The van der Waals surface area contributed by atoms with Gasteiger partial charge in [-0.25, -0.2) is 0 Å². The Morgan fingerprint density at radius 3 is 2.26 bits per heavy atom. The molecule has 7 heteroatoms. The molecule has 0 bridgehead atoms. The number of hydrogen-bond acceptors (Lipinski definition) is 7. The number of aliphatic hydroxyl groups is 3. The average molecular weight is 278 g/mol. The molecule has 0 amide bonds. The van der Waals surface area contributed by atoms with Crippen LogP contribution < -0.4 is 0 Å². The van der Waals surface area contributed by atoms with Crippen LogP contribution in [0, 0.1) is 0 Å². The molecule has 1 heterocycles. The highest BCUT2D eigenvalue weighted by Gasteiger charge is 2.49. The molecule has 0 spiro atoms. The second-order valence-electron chi connectivity index (χ2n) is 5.18. The predicted octanol–water partition coefficient (Wildman–Crippen LogP) is -1.18. The average Bonchev–Trinajstić information content (AvgIpc) is 2.34. The molecule has 5 atom stereocenters. The SMILES string of the molecule is COC(C)(C)C1OC(COC(C)=O)C(O)C(O)C1O. The summed E-state index contributed by atoms with van der Waals surface area (Å²) in [6.45, 7) is 4.41. The van der Waals surface area contributed by atoms with Crippen LogP contribution in [0.2, 0.25) is 0 Å². The maximum absolute atomic E-state index is 10.8. The van der Waals surface area contributed by atoms with E-state index in [4.69, 9.17) is 14.2 Å². The topological polar surface area (TPSA) is 105 Å². The summed E-state index contributed by atoms with van der Waals surface area (Å²) >= 11 is 0. The van der Waals surface area contributed by atoms with Crippen LogP contribution in [0.25, 0.3) is 0 Å². The Kier molecular flexibility index (Phi) is 5.28. The Labute approximate surface area is 112 Å². The zero-order valence-electron chi connectivity index (χ0n) is 11.6. The molecule has 3 N–H and O–H groups in total. The molecule has 0 radical (unpaired) electrons. The largest absolute Gasteiger partial charge is 0.463 e. The second-order valence-corrected chi connectivity index (χ2v) is 5.18. The summed E-state index contributed by atoms with van der Waals surface area (Å²) in [5.74, 6) is -0.515. The van der Waals surface area contributed by atoms with Crippen LogP contribution in [-0.2, 0) is 19.0 Å². The van der Waals surface area contributed by atoms with Crippen LogP contribution in [-0.4, -0.2) is 71.1 Å². The monoisotopic (exact) mass is 278 g/mol. The van der Waals surface area contributed by atoms with Crippen molar-refractivity contribution in [2.24, 2.45) is 0 Å². The molecule has 0 saturated carbocycles. The van der Waals surface area contributed by atoms with Crippen molar-refractivity contribution in [3.63, 3.8) is 0 Å². The van der Waals surface area contributed by atoms with Gasteiger partial charge in [0.1, 0.15) is 37.1 Å². The lowest BCUT2D eigenvalue weighted by Crippen LogP contribution is -2.64. The molecule has 112 valence electrons. The van der Waals surface area contributed by atoms with Crippen LogP contribution in [0.3, 0.4) is 0 Å². The molecule has 0 aliphatic carbocycles. The van der Waals surface area contributed by atoms with Crippen molar-refractivity contribution in [3.8, 4) is 0 Å². The fourth-order valence-electron chi connectivity index (χ4n) is 1.98. The van der Waals surface area contributed by atoms with Gasteiger partial charge in [0.15, 0.2) is 0 Å². The summed E-state index contributed by atoms with van der Waals surface area (Å²) in [6, 6.07) is 0. The highest BCUT2D eigenvalue weighted by molar-refractivity contribution is 5.65. The highest BCUT2D eigenvalue weighted by atomic mass is 16.6. The first-order chi connectivity index (χ1) is 8.70. The standard InChI is InChI=1S/C12H22O7/c1-6(13)18-5-7-8(14)9(15)10(16)11(19-7)12(2,3)17-4/h7-11,14-16H,5H2,1-4H3. The predicted molar refractivity (Wildman–Crippen MR) is 64.4 cm³/mol. The summed E-state index contributed by atoms with van der Waals surface area (Å²) in [6.07, 6.45) is -5.79. The van der Waals surface area contributed by atoms with E-state index in [-0.39, 0.29) is 6.61 Å². The number of aliphatic hydroxyl groups excluding tert-OH is 3. The Bertz CT molecular complexity index is 317. The van der Waals surface area contributed by atoms with Gasteiger partial charge in [-0.15, -0.1) is 0 Å². The van der Waals surface area contributed by atoms with Gasteiger partial charge in [0, 0.05) is 14.0 Å². The van der Waals surface area contributed by atoms with Crippen molar-refractivity contribution in [1.29, 1.82) is 0 Å². The van der Waals surface area contributed by atoms with Crippen molar-refractivity contribution >= 4 is 5.97 Å². The van der Waals surface area contributed by atoms with E-state index in [0.29, 0.717) is 0 Å². The van der Waals surface area contributed by atoms with Gasteiger partial charge in [0.05, 0.1) is 5.60 Å². The van der Waals surface area contributed by atoms with Crippen LogP contribution in [0.1, 0.15) is 20.8 Å². The van der Waals surface area contributed by atoms with E-state index >= 15 is 0 Å². The lowest BCUT2D eigenvalue weighted by atomic mass is 9.87. The molecule has 1 saturated heterocycles. The van der Waals surface area contributed by atoms with E-state index < -0.39 is 42.1 Å². The van der Waals surface area contributed by atoms with Crippen LogP contribution in [0.15, 0.2) is 0 Å². The Morgan fingerprint density at radius 1 is 1.21 bits per heavy atom. The van der Waals surface area contributed by atoms with E-state index in [2.05, 4.69) is 0 Å². The molecule has 5 unspecified atom stereocenters. The van der Waals surface area contributed by atoms with Gasteiger partial charge in [0.25, 0.3) is 0 Å². The zero-order chi connectivity index (χ0) is 14.8. The third kappa shape index (κ3) is 3.64. The van der Waals surface area contributed by atoms with Crippen LogP contribution in [0.4, 0.5) is 0 Å². The molecule has 1 fully saturated rings. The third-order valence-electron chi connectivity index (χ3n) is 3.37. The lowest BCUT2D eigenvalue weighted by Gasteiger charge is -2.45. The summed E-state index contributed by atoms with van der Waals surface area (Å²) in [5, 5.41) is 29.6. The lowest BCUT2D eigenvalue weighted by molar-refractivity contribution is -0.269. The summed E-state index contributed by atoms with van der Waals surface area (Å²) in [4.78, 5) is 10.8. The van der Waals surface area contributed by atoms with Crippen molar-refractivity contribution in [2.75, 3.05) is 13.7 Å². The minimum atomic E-state index is -1.39. The smallest absolute Gasteiger partial charge is 0.302 e. The summed E-state index contributed by atoms with van der Waals surface area (Å²) in [7, 11) is 1.45. The molecule has 19 heavy (non-hydrogen) atoms. The Balaban J connectivity index is 2.82. The first-order valence-electron chi connectivity index (χ1n) is 6.09. The third-order valence-corrected chi connectivity index (χ3v) is 3.37. The number of esters is 1. The van der Waals surface area contributed by atoms with Crippen molar-refractivity contribution in [3.05, 3.63) is 0 Å². The van der Waals surface area contributed by atoms with Gasteiger partial charge in [-0.3, -0.25) is 4.79 Å². The van der Waals surface area contributed by atoms with E-state index in [9.17, 15) is 20.1 Å². The highest BCUT2D eigenvalue weighted by Crippen LogP contribution is 2.30. The Morgan fingerprint density at radius 2 is 1.79 bits per heavy atom. The summed E-state index contributed by atoms with van der Waals surface area (Å²) < 4.78 is 15.5. The van der Waals surface area contributed by atoms with Gasteiger partial charge in [0.2, 0.25) is 0 Å². The molecule has 0 aromatic heterocycles. The van der Waals surface area contributed by atoms with Crippen LogP contribution in [0.5, 0.6) is 0 Å². The second kappa shape index (κ2) is 6.15. The van der Waals surface area contributed by atoms with Crippen molar-refractivity contribution in [1.82, 2.24) is 0 Å². The number of methoxy groups -OCH3 is 1. The quantitative estimate of drug-likeness (QED) is 0.556. The molecule has 1 aliphatic heterocycles. The molecular formula is C12H22O7. The maximum Gasteiger partial charge on any atom is 0.302 e. The fourth-order valence-corrected chi connectivity index (χ4v) is 1.98. The number of ether oxygens (including phenoxy) is 3. The fraction of sp³-hybridized carbons (Fsp3) is 0.917. The molecule has 0 aromatic carbocycles. The van der Waals surface area contributed by atoms with Gasteiger partial charge >= 0.3 is 5.97 Å². The maximum atomic E-state index is 10.8. The van der Waals surface area contributed by atoms with Gasteiger partial charge in [-0.1, -0.05) is 0 Å². The van der Waals surface area contributed by atoms with E-state index in [1.54, 1.807) is 13.8 Å². The summed E-state index contributed by atoms with van der Waals surface area (Å²) in [5.41, 5.74) is -0.866. The molecular weight excluding hydrogens is 256 g/mol. The molecule has 1 aliphatic rings. The molecule has 7 nitrogen and oxygen atoms in total. The number of carbonyl (C=O) groups excluding carboxylic acids is 1. The first kappa shape index (κ1) is 16.3. The number of hydrogen-bond donors (Lipinski definition) is 3. The molecule has 0 aromatic rings. The number of rotatable bonds is 4. The zero-order valence-corrected chi connectivity index (χ0v) is 11.6. The molecule has 1 rings (SSSR count). The van der Waals surface area contributed by atoms with E-state index in [1.807, 2.05) is 0 Å². The van der Waals surface area contributed by atoms with E-state index in [1.165, 1.54) is 14.0 Å². The normalized spacial score (nSPS) is 36.1. The van der Waals surface area contributed by atoms with Crippen LogP contribution >= 0.6 is 0 Å². The van der Waals surface area contributed by atoms with Crippen molar-refractivity contribution < 1.29 is 34.3 Å². The van der Waals surface area contributed by atoms with E-state index in [0.717, 1.165) is 0 Å². The van der Waals surface area contributed by atoms with Gasteiger partial charge < -0.3 is 29.5 Å².